The molecule has 0 aliphatic rings. The predicted octanol–water partition coefficient (Wildman–Crippen LogP) is 4.19. The maximum atomic E-state index is 12.4. The lowest BCUT2D eigenvalue weighted by Crippen LogP contribution is -2.14. The van der Waals surface area contributed by atoms with Crippen LogP contribution in [0, 0.1) is 21.4 Å². The van der Waals surface area contributed by atoms with Gasteiger partial charge in [0, 0.05) is 30.7 Å². The molecule has 29 heavy (non-hydrogen) atoms. The van der Waals surface area contributed by atoms with Gasteiger partial charge in [0.2, 0.25) is 5.91 Å². The summed E-state index contributed by atoms with van der Waals surface area (Å²) in [7, 11) is 0. The van der Waals surface area contributed by atoms with Crippen molar-refractivity contribution in [2.24, 2.45) is 0 Å². The molecule has 0 bridgehead atoms. The van der Waals surface area contributed by atoms with Crippen molar-refractivity contribution in [2.75, 3.05) is 5.32 Å². The lowest BCUT2D eigenvalue weighted by Gasteiger charge is -2.06. The molecule has 0 radical (unpaired) electrons. The molecule has 1 aromatic heterocycles. The van der Waals surface area contributed by atoms with Gasteiger partial charge in [-0.1, -0.05) is 18.2 Å². The minimum Gasteiger partial charge on any atom is -0.326 e. The van der Waals surface area contributed by atoms with Gasteiger partial charge in [0.25, 0.3) is 5.69 Å². The van der Waals surface area contributed by atoms with E-state index in [0.717, 1.165) is 10.2 Å². The zero-order valence-electron chi connectivity index (χ0n) is 15.2. The number of benzene rings is 2. The van der Waals surface area contributed by atoms with Crippen LogP contribution in [-0.2, 0) is 9.59 Å². The topological polar surface area (TPSA) is 126 Å². The second-order valence-corrected chi connectivity index (χ2v) is 7.32. The first-order valence-corrected chi connectivity index (χ1v) is 9.61. The molecule has 0 saturated carbocycles. The third-order valence-corrected chi connectivity index (χ3v) is 5.28. The van der Waals surface area contributed by atoms with Gasteiger partial charge in [-0.05, 0) is 24.6 Å². The zero-order valence-corrected chi connectivity index (χ0v) is 16.0. The van der Waals surface area contributed by atoms with E-state index in [1.165, 1.54) is 29.5 Å². The van der Waals surface area contributed by atoms with Crippen molar-refractivity contribution < 1.29 is 14.5 Å². The van der Waals surface area contributed by atoms with Crippen LogP contribution in [0.2, 0.25) is 0 Å². The van der Waals surface area contributed by atoms with Gasteiger partial charge in [-0.15, -0.1) is 11.3 Å². The highest BCUT2D eigenvalue weighted by Crippen LogP contribution is 2.28. The van der Waals surface area contributed by atoms with E-state index in [1.807, 2.05) is 30.3 Å². The molecular weight excluding hydrogens is 392 g/mol. The standard InChI is InChI=1S/C20H16N4O4S/c21-12-15(20-23-16-7-1-2-9-18(16)29-20)17(25)8-4-10-19(26)22-13-5-3-6-14(11-13)24(27)28/h1-3,5-7,9,11,15H,4,8,10H2,(H,22,26)/t15-/m1/s1. The van der Waals surface area contributed by atoms with E-state index in [-0.39, 0.29) is 36.6 Å². The number of thiazole rings is 1. The van der Waals surface area contributed by atoms with Crippen LogP contribution in [0.25, 0.3) is 10.2 Å². The quantitative estimate of drug-likeness (QED) is 0.440. The van der Waals surface area contributed by atoms with E-state index < -0.39 is 10.8 Å². The lowest BCUT2D eigenvalue weighted by molar-refractivity contribution is -0.384. The fourth-order valence-electron chi connectivity index (χ4n) is 2.77. The average Bonchev–Trinajstić information content (AvgIpc) is 3.12. The molecule has 1 atom stereocenters. The monoisotopic (exact) mass is 408 g/mol. The molecule has 9 heteroatoms. The zero-order chi connectivity index (χ0) is 20.8. The second-order valence-electron chi connectivity index (χ2n) is 6.26. The first kappa shape index (κ1) is 20.1. The summed E-state index contributed by atoms with van der Waals surface area (Å²) in [5.74, 6) is -1.59. The van der Waals surface area contributed by atoms with Crippen molar-refractivity contribution in [3.63, 3.8) is 0 Å². The van der Waals surface area contributed by atoms with Crippen LogP contribution in [0.5, 0.6) is 0 Å². The Bertz CT molecular complexity index is 1090. The molecule has 0 saturated heterocycles. The first-order valence-electron chi connectivity index (χ1n) is 8.80. The molecule has 0 fully saturated rings. The number of Topliss-reactive ketones (excluding diaryl/α,β-unsaturated/α-hetero) is 1. The van der Waals surface area contributed by atoms with Crippen LogP contribution in [0.4, 0.5) is 11.4 Å². The Morgan fingerprint density at radius 3 is 2.72 bits per heavy atom. The summed E-state index contributed by atoms with van der Waals surface area (Å²) in [6.45, 7) is 0. The van der Waals surface area contributed by atoms with Crippen molar-refractivity contribution in [3.05, 3.63) is 63.7 Å². The number of para-hydroxylation sites is 1. The summed E-state index contributed by atoms with van der Waals surface area (Å²) in [5.41, 5.74) is 0.947. The van der Waals surface area contributed by atoms with Crippen LogP contribution < -0.4 is 5.32 Å². The SMILES string of the molecule is N#C[C@H](C(=O)CCCC(=O)Nc1cccc([N+](=O)[O-])c1)c1nc2ccccc2s1. The van der Waals surface area contributed by atoms with Crippen molar-refractivity contribution in [1.29, 1.82) is 5.26 Å². The number of hydrogen-bond donors (Lipinski definition) is 1. The van der Waals surface area contributed by atoms with Crippen molar-refractivity contribution >= 4 is 44.6 Å². The number of nitro benzene ring substituents is 1. The number of nitro groups is 1. The highest BCUT2D eigenvalue weighted by Gasteiger charge is 2.23. The van der Waals surface area contributed by atoms with Gasteiger partial charge in [-0.25, -0.2) is 4.98 Å². The summed E-state index contributed by atoms with van der Waals surface area (Å²) >= 11 is 1.31. The number of nitriles is 1. The number of aromatic nitrogens is 1. The molecule has 1 heterocycles. The van der Waals surface area contributed by atoms with Crippen LogP contribution in [0.1, 0.15) is 30.2 Å². The number of ketones is 1. The molecule has 3 rings (SSSR count). The normalized spacial score (nSPS) is 11.6. The molecule has 0 aliphatic heterocycles. The summed E-state index contributed by atoms with van der Waals surface area (Å²) in [4.78, 5) is 39.1. The molecular formula is C20H16N4O4S. The van der Waals surface area contributed by atoms with E-state index in [2.05, 4.69) is 10.3 Å². The van der Waals surface area contributed by atoms with Gasteiger partial charge in [-0.3, -0.25) is 19.7 Å². The summed E-state index contributed by atoms with van der Waals surface area (Å²) in [6.07, 6.45) is 0.394. The van der Waals surface area contributed by atoms with Gasteiger partial charge >= 0.3 is 0 Å². The number of rotatable bonds is 8. The number of carbonyl (C=O) groups is 2. The third-order valence-electron chi connectivity index (χ3n) is 4.18. The van der Waals surface area contributed by atoms with Gasteiger partial charge in [-0.2, -0.15) is 5.26 Å². The fourth-order valence-corrected chi connectivity index (χ4v) is 3.80. The van der Waals surface area contributed by atoms with Crippen LogP contribution in [0.15, 0.2) is 48.5 Å². The third kappa shape index (κ3) is 5.00. The largest absolute Gasteiger partial charge is 0.326 e. The minimum absolute atomic E-state index is 0.0619. The maximum absolute atomic E-state index is 12.4. The molecule has 0 unspecified atom stereocenters. The van der Waals surface area contributed by atoms with E-state index in [1.54, 1.807) is 6.07 Å². The van der Waals surface area contributed by atoms with E-state index >= 15 is 0 Å². The van der Waals surface area contributed by atoms with E-state index in [4.69, 9.17) is 0 Å². The molecule has 1 N–H and O–H groups in total. The lowest BCUT2D eigenvalue weighted by atomic mass is 10.0. The number of hydrogen-bond acceptors (Lipinski definition) is 7. The van der Waals surface area contributed by atoms with Gasteiger partial charge < -0.3 is 5.32 Å². The van der Waals surface area contributed by atoms with Crippen molar-refractivity contribution in [3.8, 4) is 6.07 Å². The van der Waals surface area contributed by atoms with E-state index in [9.17, 15) is 25.0 Å². The minimum atomic E-state index is -0.952. The number of nitrogens with zero attached hydrogens (tertiary/aromatic N) is 3. The molecule has 0 aliphatic carbocycles. The molecule has 1 amide bonds. The van der Waals surface area contributed by atoms with E-state index in [0.29, 0.717) is 10.7 Å². The Morgan fingerprint density at radius 1 is 1.21 bits per heavy atom. The maximum Gasteiger partial charge on any atom is 0.271 e. The summed E-state index contributed by atoms with van der Waals surface area (Å²) in [5, 5.41) is 23.2. The number of fused-ring (bicyclic) bond motifs is 1. The summed E-state index contributed by atoms with van der Waals surface area (Å²) in [6, 6.07) is 15.1. The number of carbonyl (C=O) groups excluding carboxylic acids is 2. The van der Waals surface area contributed by atoms with Crippen molar-refractivity contribution in [2.45, 2.75) is 25.2 Å². The van der Waals surface area contributed by atoms with Crippen LogP contribution in [0.3, 0.4) is 0 Å². The Kier molecular flexibility index (Phi) is 6.26. The Morgan fingerprint density at radius 2 is 2.00 bits per heavy atom. The number of amides is 1. The molecule has 0 spiro atoms. The van der Waals surface area contributed by atoms with Crippen LogP contribution in [-0.4, -0.2) is 21.6 Å². The van der Waals surface area contributed by atoms with Crippen molar-refractivity contribution in [1.82, 2.24) is 4.98 Å². The Labute approximate surface area is 170 Å². The van der Waals surface area contributed by atoms with Gasteiger partial charge in [0.05, 0.1) is 21.2 Å². The predicted molar refractivity (Wildman–Crippen MR) is 109 cm³/mol. The Hall–Kier alpha value is -3.64. The molecule has 146 valence electrons. The fraction of sp³-hybridized carbons (Fsp3) is 0.200. The average molecular weight is 408 g/mol. The molecule has 8 nitrogen and oxygen atoms in total. The summed E-state index contributed by atoms with van der Waals surface area (Å²) < 4.78 is 0.909. The highest BCUT2D eigenvalue weighted by atomic mass is 32.1. The van der Waals surface area contributed by atoms with Gasteiger partial charge in [0.1, 0.15) is 5.01 Å². The number of anilines is 1. The molecule has 2 aromatic carbocycles. The van der Waals surface area contributed by atoms with Crippen LogP contribution >= 0.6 is 11.3 Å². The first-order chi connectivity index (χ1) is 14.0. The smallest absolute Gasteiger partial charge is 0.271 e. The number of nitrogens with one attached hydrogen (secondary N) is 1. The van der Waals surface area contributed by atoms with Gasteiger partial charge in [0.15, 0.2) is 11.7 Å². The molecule has 3 aromatic rings. The highest BCUT2D eigenvalue weighted by molar-refractivity contribution is 7.18. The number of non-ortho nitro benzene ring substituents is 1. The Balaban J connectivity index is 1.54. The second kappa shape index (κ2) is 9.03.